The molecule has 7 nitrogen and oxygen atoms in total. The van der Waals surface area contributed by atoms with Crippen LogP contribution in [0.15, 0.2) is 18.2 Å². The molecule has 21 heavy (non-hydrogen) atoms. The number of rotatable bonds is 5. The molecule has 0 aliphatic carbocycles. The summed E-state index contributed by atoms with van der Waals surface area (Å²) in [4.78, 5) is 21.9. The molecule has 0 fully saturated rings. The van der Waals surface area contributed by atoms with E-state index in [0.29, 0.717) is 17.0 Å². The molecule has 1 amide bonds. The number of methoxy groups -OCH3 is 1. The molecule has 1 aromatic carbocycles. The second-order valence-corrected chi connectivity index (χ2v) is 5.46. The fourth-order valence-electron chi connectivity index (χ4n) is 1.64. The summed E-state index contributed by atoms with van der Waals surface area (Å²) in [5, 5.41) is 13.1. The fraction of sp³-hybridized carbons (Fsp3) is 0.500. The van der Waals surface area contributed by atoms with E-state index in [0.717, 1.165) is 0 Å². The van der Waals surface area contributed by atoms with Gasteiger partial charge >= 0.3 is 6.09 Å². The van der Waals surface area contributed by atoms with E-state index in [4.69, 9.17) is 9.47 Å². The molecular weight excluding hydrogens is 276 g/mol. The Morgan fingerprint density at radius 3 is 2.57 bits per heavy atom. The Bertz CT molecular complexity index is 523. The molecule has 7 heteroatoms. The molecule has 0 radical (unpaired) electrons. The van der Waals surface area contributed by atoms with Crippen molar-refractivity contribution in [1.82, 2.24) is 0 Å². The van der Waals surface area contributed by atoms with Gasteiger partial charge in [0.1, 0.15) is 11.4 Å². The Kier molecular flexibility index (Phi) is 5.52. The van der Waals surface area contributed by atoms with Crippen LogP contribution in [0.5, 0.6) is 5.75 Å². The van der Waals surface area contributed by atoms with E-state index in [-0.39, 0.29) is 13.0 Å². The molecule has 1 rings (SSSR count). The average Bonchev–Trinajstić information content (AvgIpc) is 2.34. The van der Waals surface area contributed by atoms with Gasteiger partial charge < -0.3 is 9.47 Å². The van der Waals surface area contributed by atoms with Crippen molar-refractivity contribution < 1.29 is 19.2 Å². The van der Waals surface area contributed by atoms with Crippen molar-refractivity contribution in [1.29, 1.82) is 0 Å². The van der Waals surface area contributed by atoms with Gasteiger partial charge in [0.15, 0.2) is 0 Å². The molecule has 0 saturated heterocycles. The van der Waals surface area contributed by atoms with Crippen LogP contribution in [-0.4, -0.2) is 30.3 Å². The Labute approximate surface area is 123 Å². The molecule has 0 aromatic heterocycles. The zero-order chi connectivity index (χ0) is 16.0. The molecule has 0 saturated carbocycles. The van der Waals surface area contributed by atoms with Crippen LogP contribution in [-0.2, 0) is 11.2 Å². The summed E-state index contributed by atoms with van der Waals surface area (Å²) in [5.41, 5.74) is 0.480. The predicted octanol–water partition coefficient (Wildman–Crippen LogP) is 2.86. The summed E-state index contributed by atoms with van der Waals surface area (Å²) in [6.45, 7) is 5.05. The van der Waals surface area contributed by atoms with Gasteiger partial charge in [-0.15, -0.1) is 0 Å². The second kappa shape index (κ2) is 6.92. The van der Waals surface area contributed by atoms with Crippen molar-refractivity contribution in [3.05, 3.63) is 33.9 Å². The molecule has 116 valence electrons. The van der Waals surface area contributed by atoms with Crippen LogP contribution < -0.4 is 10.1 Å². The lowest BCUT2D eigenvalue weighted by Crippen LogP contribution is -2.27. The average molecular weight is 296 g/mol. The smallest absolute Gasteiger partial charge is 0.412 e. The van der Waals surface area contributed by atoms with Gasteiger partial charge in [0.25, 0.3) is 0 Å². The van der Waals surface area contributed by atoms with E-state index in [1.54, 1.807) is 39.0 Å². The van der Waals surface area contributed by atoms with Gasteiger partial charge in [-0.1, -0.05) is 6.07 Å². The number of anilines is 1. The number of carbonyl (C=O) groups is 1. The van der Waals surface area contributed by atoms with Gasteiger partial charge in [-0.25, -0.2) is 4.79 Å². The Morgan fingerprint density at radius 1 is 1.38 bits per heavy atom. The number of hydrogen-bond acceptors (Lipinski definition) is 5. The standard InChI is InChI=1S/C14H20N2O5/c1-14(2,3)21-13(17)15-12-9-11(20-4)6-5-10(12)7-8-16(18)19/h5-6,9H,7-8H2,1-4H3,(H,15,17). The Hall–Kier alpha value is -2.31. The minimum atomic E-state index is -0.621. The first kappa shape index (κ1) is 16.7. The highest BCUT2D eigenvalue weighted by Crippen LogP contribution is 2.24. The van der Waals surface area contributed by atoms with Crippen LogP contribution in [0.25, 0.3) is 0 Å². The second-order valence-electron chi connectivity index (χ2n) is 5.46. The molecule has 0 bridgehead atoms. The maximum Gasteiger partial charge on any atom is 0.412 e. The summed E-state index contributed by atoms with van der Waals surface area (Å²) in [7, 11) is 1.50. The van der Waals surface area contributed by atoms with Crippen molar-refractivity contribution in [2.45, 2.75) is 32.8 Å². The van der Waals surface area contributed by atoms with Crippen LogP contribution in [0.4, 0.5) is 10.5 Å². The van der Waals surface area contributed by atoms with Gasteiger partial charge in [-0.05, 0) is 32.4 Å². The van der Waals surface area contributed by atoms with E-state index >= 15 is 0 Å². The Balaban J connectivity index is 2.90. The van der Waals surface area contributed by atoms with Crippen LogP contribution in [0.3, 0.4) is 0 Å². The number of carbonyl (C=O) groups excluding carboxylic acids is 1. The first-order valence-electron chi connectivity index (χ1n) is 6.50. The monoisotopic (exact) mass is 296 g/mol. The molecule has 1 aromatic rings. The number of nitrogens with one attached hydrogen (secondary N) is 1. The van der Waals surface area contributed by atoms with Crippen molar-refractivity contribution >= 4 is 11.8 Å². The van der Waals surface area contributed by atoms with Crippen LogP contribution in [0, 0.1) is 10.1 Å². The SMILES string of the molecule is COc1ccc(CC[N+](=O)[O-])c(NC(=O)OC(C)(C)C)c1. The van der Waals surface area contributed by atoms with Crippen LogP contribution in [0.2, 0.25) is 0 Å². The number of ether oxygens (including phenoxy) is 2. The van der Waals surface area contributed by atoms with E-state index in [1.807, 2.05) is 0 Å². The highest BCUT2D eigenvalue weighted by atomic mass is 16.6. The largest absolute Gasteiger partial charge is 0.497 e. The summed E-state index contributed by atoms with van der Waals surface area (Å²) in [5.74, 6) is 0.547. The van der Waals surface area contributed by atoms with Crippen molar-refractivity contribution in [2.24, 2.45) is 0 Å². The molecule has 0 spiro atoms. The van der Waals surface area contributed by atoms with Gasteiger partial charge in [0.2, 0.25) is 6.54 Å². The van der Waals surface area contributed by atoms with Crippen molar-refractivity contribution in [3.8, 4) is 5.75 Å². The Morgan fingerprint density at radius 2 is 2.05 bits per heavy atom. The zero-order valence-electron chi connectivity index (χ0n) is 12.6. The van der Waals surface area contributed by atoms with E-state index < -0.39 is 16.6 Å². The van der Waals surface area contributed by atoms with Gasteiger partial charge in [0.05, 0.1) is 12.8 Å². The first-order valence-corrected chi connectivity index (χ1v) is 6.50. The molecule has 1 N–H and O–H groups in total. The summed E-state index contributed by atoms with van der Waals surface area (Å²) in [6, 6.07) is 4.99. The van der Waals surface area contributed by atoms with Crippen LogP contribution >= 0.6 is 0 Å². The molecule has 0 atom stereocenters. The van der Waals surface area contributed by atoms with E-state index in [2.05, 4.69) is 5.32 Å². The quantitative estimate of drug-likeness (QED) is 0.666. The lowest BCUT2D eigenvalue weighted by molar-refractivity contribution is -0.479. The third-order valence-corrected chi connectivity index (χ3v) is 2.52. The maximum absolute atomic E-state index is 11.8. The maximum atomic E-state index is 11.8. The summed E-state index contributed by atoms with van der Waals surface area (Å²) < 4.78 is 10.3. The van der Waals surface area contributed by atoms with Gasteiger partial charge in [0, 0.05) is 17.4 Å². The minimum Gasteiger partial charge on any atom is -0.497 e. The normalized spacial score (nSPS) is 10.9. The molecule has 0 aliphatic rings. The molecule has 0 heterocycles. The zero-order valence-corrected chi connectivity index (χ0v) is 12.6. The molecule has 0 aliphatic heterocycles. The lowest BCUT2D eigenvalue weighted by Gasteiger charge is -2.20. The fourth-order valence-corrected chi connectivity index (χ4v) is 1.64. The summed E-state index contributed by atoms with van der Waals surface area (Å²) >= 11 is 0. The molecule has 0 unspecified atom stereocenters. The third-order valence-electron chi connectivity index (χ3n) is 2.52. The number of amides is 1. The van der Waals surface area contributed by atoms with Crippen molar-refractivity contribution in [2.75, 3.05) is 19.0 Å². The topological polar surface area (TPSA) is 90.7 Å². The third kappa shape index (κ3) is 6.11. The van der Waals surface area contributed by atoms with Crippen LogP contribution in [0.1, 0.15) is 26.3 Å². The van der Waals surface area contributed by atoms with E-state index in [1.165, 1.54) is 7.11 Å². The summed E-state index contributed by atoms with van der Waals surface area (Å²) in [6.07, 6.45) is -0.402. The number of benzene rings is 1. The van der Waals surface area contributed by atoms with Crippen molar-refractivity contribution in [3.63, 3.8) is 0 Å². The van der Waals surface area contributed by atoms with E-state index in [9.17, 15) is 14.9 Å². The number of nitrogens with zero attached hydrogens (tertiary/aromatic N) is 1. The number of hydrogen-bond donors (Lipinski definition) is 1. The minimum absolute atomic E-state index is 0.210. The first-order chi connectivity index (χ1) is 9.71. The molecular formula is C14H20N2O5. The van der Waals surface area contributed by atoms with Gasteiger partial charge in [-0.3, -0.25) is 15.4 Å². The highest BCUT2D eigenvalue weighted by molar-refractivity contribution is 5.86. The highest BCUT2D eigenvalue weighted by Gasteiger charge is 2.18. The van der Waals surface area contributed by atoms with Gasteiger partial charge in [-0.2, -0.15) is 0 Å². The number of nitro groups is 1. The predicted molar refractivity (Wildman–Crippen MR) is 78.4 cm³/mol. The lowest BCUT2D eigenvalue weighted by atomic mass is 10.1.